The predicted molar refractivity (Wildman–Crippen MR) is 145 cm³/mol. The van der Waals surface area contributed by atoms with Crippen molar-refractivity contribution >= 4 is 35.0 Å². The lowest BCUT2D eigenvalue weighted by molar-refractivity contribution is 0.00196. The van der Waals surface area contributed by atoms with Crippen LogP contribution in [0.5, 0.6) is 0 Å². The van der Waals surface area contributed by atoms with Gasteiger partial charge >= 0.3 is 6.09 Å². The van der Waals surface area contributed by atoms with Crippen LogP contribution in [0.15, 0.2) is 24.3 Å². The number of ether oxygens (including phenoxy) is 1. The molecule has 1 aliphatic heterocycles. The third kappa shape index (κ3) is 7.30. The van der Waals surface area contributed by atoms with Crippen LogP contribution in [0, 0.1) is 11.3 Å². The molecule has 200 valence electrons. The van der Waals surface area contributed by atoms with E-state index in [1.807, 2.05) is 18.2 Å². The molecule has 2 heterocycles. The summed E-state index contributed by atoms with van der Waals surface area (Å²) in [7, 11) is 0. The quantitative estimate of drug-likeness (QED) is 0.220. The lowest BCUT2D eigenvalue weighted by atomic mass is 9.89. The van der Waals surface area contributed by atoms with Gasteiger partial charge in [-0.05, 0) is 37.3 Å². The average molecular weight is 530 g/mol. The van der Waals surface area contributed by atoms with Crippen molar-refractivity contribution in [2.75, 3.05) is 37.0 Å². The van der Waals surface area contributed by atoms with E-state index in [-0.39, 0.29) is 11.9 Å². The number of nitrogens with one attached hydrogen (secondary N) is 4. The molecule has 1 aromatic carbocycles. The molecule has 0 spiro atoms. The van der Waals surface area contributed by atoms with Crippen molar-refractivity contribution in [3.63, 3.8) is 0 Å². The largest absolute Gasteiger partial charge is 0.465 e. The number of hydrogen-bond donors (Lipinski definition) is 5. The molecule has 2 fully saturated rings. The number of carbonyl (C=O) groups is 1. The number of rotatable bonds is 9. The highest BCUT2D eigenvalue weighted by atomic mass is 35.5. The second kappa shape index (κ2) is 13.0. The zero-order valence-electron chi connectivity index (χ0n) is 21.2. The fraction of sp³-hybridized carbons (Fsp3) is 0.538. The van der Waals surface area contributed by atoms with E-state index in [4.69, 9.17) is 21.7 Å². The van der Waals surface area contributed by atoms with Crippen molar-refractivity contribution in [3.8, 4) is 11.3 Å². The summed E-state index contributed by atoms with van der Waals surface area (Å²) in [6.45, 7) is 4.79. The Morgan fingerprint density at radius 1 is 1.27 bits per heavy atom. The Kier molecular flexibility index (Phi) is 9.54. The smallest absolute Gasteiger partial charge is 0.410 e. The molecule has 1 aromatic heterocycles. The van der Waals surface area contributed by atoms with Gasteiger partial charge in [0.1, 0.15) is 5.69 Å². The molecule has 11 heteroatoms. The molecule has 37 heavy (non-hydrogen) atoms. The molecule has 0 bridgehead atoms. The molecule has 1 amide bonds. The summed E-state index contributed by atoms with van der Waals surface area (Å²) in [6.07, 6.45) is 6.72. The van der Waals surface area contributed by atoms with Gasteiger partial charge in [0.05, 0.1) is 24.9 Å². The van der Waals surface area contributed by atoms with Crippen molar-refractivity contribution in [1.82, 2.24) is 20.3 Å². The minimum absolute atomic E-state index is 0.0246. The van der Waals surface area contributed by atoms with Gasteiger partial charge in [0.2, 0.25) is 0 Å². The number of anilines is 2. The monoisotopic (exact) mass is 529 g/mol. The second-order valence-corrected chi connectivity index (χ2v) is 10.1. The summed E-state index contributed by atoms with van der Waals surface area (Å²) in [5, 5.41) is 25.9. The summed E-state index contributed by atoms with van der Waals surface area (Å²) in [4.78, 5) is 20.5. The lowest BCUT2D eigenvalue weighted by Gasteiger charge is -2.36. The zero-order valence-corrected chi connectivity index (χ0v) is 22.0. The van der Waals surface area contributed by atoms with Crippen molar-refractivity contribution in [3.05, 3.63) is 35.1 Å². The van der Waals surface area contributed by atoms with Crippen LogP contribution >= 0.6 is 11.6 Å². The fourth-order valence-corrected chi connectivity index (χ4v) is 5.17. The number of amides is 1. The van der Waals surface area contributed by atoms with E-state index in [9.17, 15) is 9.90 Å². The number of benzene rings is 1. The van der Waals surface area contributed by atoms with Gasteiger partial charge in [0.25, 0.3) is 0 Å². The Morgan fingerprint density at radius 3 is 2.81 bits per heavy atom. The molecule has 1 saturated carbocycles. The van der Waals surface area contributed by atoms with Crippen molar-refractivity contribution < 1.29 is 14.6 Å². The van der Waals surface area contributed by atoms with E-state index in [0.717, 1.165) is 24.9 Å². The van der Waals surface area contributed by atoms with Crippen LogP contribution in [0.1, 0.15) is 57.7 Å². The third-order valence-electron chi connectivity index (χ3n) is 6.85. The lowest BCUT2D eigenvalue weighted by Crippen LogP contribution is -2.48. The van der Waals surface area contributed by atoms with Gasteiger partial charge in [-0.1, -0.05) is 56.3 Å². The van der Waals surface area contributed by atoms with E-state index >= 15 is 0 Å². The predicted octanol–water partition coefficient (Wildman–Crippen LogP) is 5.21. The summed E-state index contributed by atoms with van der Waals surface area (Å²) in [6, 6.07) is 7.51. The fourth-order valence-electron chi connectivity index (χ4n) is 4.98. The van der Waals surface area contributed by atoms with Crippen molar-refractivity contribution in [2.45, 2.75) is 57.9 Å². The summed E-state index contributed by atoms with van der Waals surface area (Å²) >= 11 is 6.33. The Hall–Kier alpha value is -2.95. The normalized spacial score (nSPS) is 18.8. The van der Waals surface area contributed by atoms with E-state index in [1.165, 1.54) is 32.1 Å². The number of carboxylic acid groups (broad SMARTS) is 1. The summed E-state index contributed by atoms with van der Waals surface area (Å²) in [5.41, 5.74) is 5.50. The van der Waals surface area contributed by atoms with E-state index in [2.05, 4.69) is 38.0 Å². The number of nitrogens with zero attached hydrogens (tertiary/aromatic N) is 3. The van der Waals surface area contributed by atoms with Gasteiger partial charge in [0, 0.05) is 23.7 Å². The minimum atomic E-state index is -1.34. The molecule has 1 atom stereocenters. The van der Waals surface area contributed by atoms with Crippen LogP contribution in [0.2, 0.25) is 5.02 Å². The zero-order chi connectivity index (χ0) is 26.2. The third-order valence-corrected chi connectivity index (χ3v) is 7.09. The average Bonchev–Trinajstić information content (AvgIpc) is 2.89. The van der Waals surface area contributed by atoms with Gasteiger partial charge in [-0.3, -0.25) is 10.7 Å². The minimum Gasteiger partial charge on any atom is -0.465 e. The molecule has 5 N–H and O–H groups in total. The highest BCUT2D eigenvalue weighted by molar-refractivity contribution is 6.30. The molecule has 10 nitrogen and oxygen atoms in total. The number of morpholine rings is 1. The SMILES string of the molecule is CCC[C@H]1COCCN1Nc1nc(C(=N)NC(=O)O)nc(-c2cccc(Cl)c2)c1NCC1CCCCC1. The maximum absolute atomic E-state index is 11.3. The van der Waals surface area contributed by atoms with Crippen molar-refractivity contribution in [2.24, 2.45) is 5.92 Å². The molecule has 2 aromatic rings. The Morgan fingerprint density at radius 2 is 2.08 bits per heavy atom. The van der Waals surface area contributed by atoms with Gasteiger partial charge in [-0.25, -0.2) is 19.8 Å². The Balaban J connectivity index is 1.77. The molecule has 0 unspecified atom stereocenters. The molecule has 0 radical (unpaired) electrons. The maximum Gasteiger partial charge on any atom is 0.410 e. The first kappa shape index (κ1) is 27.1. The van der Waals surface area contributed by atoms with Crippen LogP contribution in [0.4, 0.5) is 16.3 Å². The van der Waals surface area contributed by atoms with Crippen LogP contribution in [0.3, 0.4) is 0 Å². The number of amidine groups is 1. The van der Waals surface area contributed by atoms with Gasteiger partial charge in [0.15, 0.2) is 17.5 Å². The maximum atomic E-state index is 11.3. The topological polar surface area (TPSA) is 135 Å². The molecular formula is C26H36ClN7O3. The van der Waals surface area contributed by atoms with Gasteiger partial charge < -0.3 is 20.6 Å². The van der Waals surface area contributed by atoms with Crippen LogP contribution in [-0.2, 0) is 4.74 Å². The highest BCUT2D eigenvalue weighted by Gasteiger charge is 2.26. The number of aromatic nitrogens is 2. The first-order valence-corrected chi connectivity index (χ1v) is 13.4. The van der Waals surface area contributed by atoms with Crippen LogP contribution < -0.4 is 16.1 Å². The molecular weight excluding hydrogens is 494 g/mol. The second-order valence-electron chi connectivity index (χ2n) is 9.64. The number of hydrazine groups is 1. The van der Waals surface area contributed by atoms with E-state index in [1.54, 1.807) is 6.07 Å². The Bertz CT molecular complexity index is 1090. The summed E-state index contributed by atoms with van der Waals surface area (Å²) < 4.78 is 5.72. The standard InChI is InChI=1S/C26H36ClN7O3/c1-2-7-20-16-37-13-12-34(20)33-24-22(29-15-17-8-4-3-5-9-17)21(18-10-6-11-19(27)14-18)30-25(32-24)23(28)31-26(35)36/h6,10-11,14,17,20,29H,2-5,7-9,12-13,15-16H2,1H3,(H2,28,31)(H,35,36)(H,30,32,33)/t20-/m0/s1. The van der Waals surface area contributed by atoms with E-state index < -0.39 is 11.9 Å². The molecule has 2 aliphatic rings. The highest BCUT2D eigenvalue weighted by Crippen LogP contribution is 2.35. The van der Waals surface area contributed by atoms with Crippen LogP contribution in [-0.4, -0.2) is 64.4 Å². The van der Waals surface area contributed by atoms with Gasteiger partial charge in [-0.15, -0.1) is 0 Å². The first-order valence-electron chi connectivity index (χ1n) is 13.1. The number of halogens is 1. The molecule has 1 saturated heterocycles. The van der Waals surface area contributed by atoms with Gasteiger partial charge in [-0.2, -0.15) is 0 Å². The molecule has 4 rings (SSSR count). The molecule has 1 aliphatic carbocycles. The summed E-state index contributed by atoms with van der Waals surface area (Å²) in [5.74, 6) is 0.626. The van der Waals surface area contributed by atoms with Crippen LogP contribution in [0.25, 0.3) is 11.3 Å². The first-order chi connectivity index (χ1) is 17.9. The van der Waals surface area contributed by atoms with Crippen molar-refractivity contribution in [1.29, 1.82) is 5.41 Å². The van der Waals surface area contributed by atoms with E-state index in [0.29, 0.717) is 47.9 Å². The number of hydrogen-bond acceptors (Lipinski definition) is 8. The Labute approximate surface area is 222 Å².